The summed E-state index contributed by atoms with van der Waals surface area (Å²) in [4.78, 5) is 0. The Morgan fingerprint density at radius 1 is 1.42 bits per heavy atom. The highest BCUT2D eigenvalue weighted by Crippen LogP contribution is 2.24. The Kier molecular flexibility index (Phi) is 3.10. The number of aliphatic hydroxyl groups excluding tert-OH is 1. The van der Waals surface area contributed by atoms with Gasteiger partial charge in [0.2, 0.25) is 0 Å². The van der Waals surface area contributed by atoms with Gasteiger partial charge in [0.25, 0.3) is 0 Å². The second-order valence-corrected chi connectivity index (χ2v) is 3.90. The van der Waals surface area contributed by atoms with Crippen LogP contribution in [0.25, 0.3) is 0 Å². The van der Waals surface area contributed by atoms with Crippen molar-refractivity contribution in [2.75, 3.05) is 0 Å². The summed E-state index contributed by atoms with van der Waals surface area (Å²) in [6.07, 6.45) is 6.61. The molecule has 1 heteroatoms. The van der Waals surface area contributed by atoms with Gasteiger partial charge in [-0.1, -0.05) is 39.0 Å². The van der Waals surface area contributed by atoms with Crippen LogP contribution < -0.4 is 0 Å². The molecular formula is C11H18O. The van der Waals surface area contributed by atoms with Crippen molar-refractivity contribution in [2.24, 2.45) is 11.8 Å². The van der Waals surface area contributed by atoms with E-state index in [0.717, 1.165) is 6.42 Å². The van der Waals surface area contributed by atoms with Crippen LogP contribution in [0.4, 0.5) is 0 Å². The summed E-state index contributed by atoms with van der Waals surface area (Å²) in [7, 11) is 0. The van der Waals surface area contributed by atoms with Gasteiger partial charge < -0.3 is 5.11 Å². The largest absolute Gasteiger partial charge is 0.389 e. The van der Waals surface area contributed by atoms with E-state index in [-0.39, 0.29) is 6.10 Å². The molecule has 2 atom stereocenters. The first-order valence-electron chi connectivity index (χ1n) is 4.67. The Morgan fingerprint density at radius 3 is 2.50 bits per heavy atom. The van der Waals surface area contributed by atoms with Gasteiger partial charge in [-0.25, -0.2) is 0 Å². The molecule has 0 fully saturated rings. The average Bonchev–Trinajstić information content (AvgIpc) is 2.04. The van der Waals surface area contributed by atoms with Crippen LogP contribution in [0.3, 0.4) is 0 Å². The fraction of sp³-hybridized carbons (Fsp3) is 0.636. The summed E-state index contributed by atoms with van der Waals surface area (Å²) in [6, 6.07) is 0. The third-order valence-electron chi connectivity index (χ3n) is 2.63. The fourth-order valence-electron chi connectivity index (χ4n) is 1.35. The van der Waals surface area contributed by atoms with E-state index in [1.807, 2.05) is 6.08 Å². The molecule has 12 heavy (non-hydrogen) atoms. The van der Waals surface area contributed by atoms with E-state index in [4.69, 9.17) is 0 Å². The topological polar surface area (TPSA) is 20.2 Å². The smallest absolute Gasteiger partial charge is 0.0758 e. The monoisotopic (exact) mass is 166 g/mol. The van der Waals surface area contributed by atoms with E-state index >= 15 is 0 Å². The van der Waals surface area contributed by atoms with E-state index in [2.05, 4.69) is 32.9 Å². The average molecular weight is 166 g/mol. The standard InChI is InChI=1S/C11H18O/c1-8(2)9(3)10-4-6-11(12)7-5-10/h4-6,8-9,11-12H,7H2,1-3H3. The molecular weight excluding hydrogens is 148 g/mol. The predicted octanol–water partition coefficient (Wildman–Crippen LogP) is 2.53. The van der Waals surface area contributed by atoms with Gasteiger partial charge in [0, 0.05) is 0 Å². The summed E-state index contributed by atoms with van der Waals surface area (Å²) in [6.45, 7) is 6.69. The molecule has 0 aromatic rings. The van der Waals surface area contributed by atoms with E-state index in [1.165, 1.54) is 5.57 Å². The lowest BCUT2D eigenvalue weighted by atomic mass is 9.87. The van der Waals surface area contributed by atoms with Gasteiger partial charge in [-0.15, -0.1) is 0 Å². The molecule has 0 heterocycles. The molecule has 0 saturated heterocycles. The molecule has 1 aliphatic carbocycles. The molecule has 0 radical (unpaired) electrons. The van der Waals surface area contributed by atoms with Crippen LogP contribution in [0.5, 0.6) is 0 Å². The maximum absolute atomic E-state index is 9.22. The zero-order valence-corrected chi connectivity index (χ0v) is 8.12. The molecule has 0 aromatic heterocycles. The molecule has 0 aromatic carbocycles. The molecule has 1 aliphatic rings. The minimum absolute atomic E-state index is 0.256. The van der Waals surface area contributed by atoms with E-state index < -0.39 is 0 Å². The maximum Gasteiger partial charge on any atom is 0.0758 e. The summed E-state index contributed by atoms with van der Waals surface area (Å²) in [5.74, 6) is 1.28. The van der Waals surface area contributed by atoms with Gasteiger partial charge in [0.1, 0.15) is 0 Å². The molecule has 2 unspecified atom stereocenters. The molecule has 1 nitrogen and oxygen atoms in total. The van der Waals surface area contributed by atoms with Crippen LogP contribution in [-0.4, -0.2) is 11.2 Å². The van der Waals surface area contributed by atoms with E-state index in [9.17, 15) is 5.11 Å². The Bertz CT molecular complexity index is 201. The first-order valence-corrected chi connectivity index (χ1v) is 4.67. The van der Waals surface area contributed by atoms with Crippen molar-refractivity contribution < 1.29 is 5.11 Å². The summed E-state index contributed by atoms with van der Waals surface area (Å²) >= 11 is 0. The maximum atomic E-state index is 9.22. The lowest BCUT2D eigenvalue weighted by Gasteiger charge is -2.20. The lowest BCUT2D eigenvalue weighted by Crippen LogP contribution is -2.11. The number of allylic oxidation sites excluding steroid dienone is 2. The van der Waals surface area contributed by atoms with Crippen molar-refractivity contribution in [3.05, 3.63) is 23.8 Å². The number of rotatable bonds is 2. The Balaban J connectivity index is 2.60. The number of hydrogen-bond donors (Lipinski definition) is 1. The third kappa shape index (κ3) is 2.21. The highest BCUT2D eigenvalue weighted by atomic mass is 16.3. The molecule has 1 N–H and O–H groups in total. The molecule has 0 aliphatic heterocycles. The molecule has 0 saturated carbocycles. The van der Waals surface area contributed by atoms with Crippen LogP contribution in [0.2, 0.25) is 0 Å². The van der Waals surface area contributed by atoms with Gasteiger partial charge in [-0.3, -0.25) is 0 Å². The molecule has 0 spiro atoms. The van der Waals surface area contributed by atoms with Crippen LogP contribution >= 0.6 is 0 Å². The van der Waals surface area contributed by atoms with Crippen LogP contribution in [0.1, 0.15) is 27.2 Å². The van der Waals surface area contributed by atoms with Crippen LogP contribution in [-0.2, 0) is 0 Å². The minimum atomic E-state index is -0.256. The minimum Gasteiger partial charge on any atom is -0.389 e. The zero-order chi connectivity index (χ0) is 9.14. The molecule has 0 amide bonds. The van der Waals surface area contributed by atoms with Gasteiger partial charge in [0.15, 0.2) is 0 Å². The number of aliphatic hydroxyl groups is 1. The van der Waals surface area contributed by atoms with Crippen molar-refractivity contribution in [2.45, 2.75) is 33.3 Å². The molecule has 0 bridgehead atoms. The van der Waals surface area contributed by atoms with Gasteiger partial charge in [0.05, 0.1) is 6.10 Å². The summed E-state index contributed by atoms with van der Waals surface area (Å²) in [5.41, 5.74) is 1.37. The van der Waals surface area contributed by atoms with Gasteiger partial charge in [-0.05, 0) is 23.8 Å². The predicted molar refractivity (Wildman–Crippen MR) is 51.8 cm³/mol. The van der Waals surface area contributed by atoms with E-state index in [0.29, 0.717) is 11.8 Å². The SMILES string of the molecule is CC(C)C(C)C1=CCC(O)C=C1. The Morgan fingerprint density at radius 2 is 2.08 bits per heavy atom. The van der Waals surface area contributed by atoms with Crippen molar-refractivity contribution >= 4 is 0 Å². The quantitative estimate of drug-likeness (QED) is 0.668. The first-order chi connectivity index (χ1) is 5.61. The highest BCUT2D eigenvalue weighted by molar-refractivity contribution is 5.26. The fourth-order valence-corrected chi connectivity index (χ4v) is 1.35. The van der Waals surface area contributed by atoms with Crippen molar-refractivity contribution in [3.8, 4) is 0 Å². The second-order valence-electron chi connectivity index (χ2n) is 3.90. The Labute approximate surface area is 74.8 Å². The van der Waals surface area contributed by atoms with Gasteiger partial charge >= 0.3 is 0 Å². The Hall–Kier alpha value is -0.560. The third-order valence-corrected chi connectivity index (χ3v) is 2.63. The lowest BCUT2D eigenvalue weighted by molar-refractivity contribution is 0.224. The highest BCUT2D eigenvalue weighted by Gasteiger charge is 2.13. The van der Waals surface area contributed by atoms with Crippen LogP contribution in [0.15, 0.2) is 23.8 Å². The molecule has 1 rings (SSSR count). The number of hydrogen-bond acceptors (Lipinski definition) is 1. The van der Waals surface area contributed by atoms with Crippen LogP contribution in [0, 0.1) is 11.8 Å². The van der Waals surface area contributed by atoms with Gasteiger partial charge in [-0.2, -0.15) is 0 Å². The molecule has 68 valence electrons. The first kappa shape index (κ1) is 9.53. The van der Waals surface area contributed by atoms with Crippen molar-refractivity contribution in [1.29, 1.82) is 0 Å². The zero-order valence-electron chi connectivity index (χ0n) is 8.12. The summed E-state index contributed by atoms with van der Waals surface area (Å²) in [5, 5.41) is 9.22. The second kappa shape index (κ2) is 3.90. The van der Waals surface area contributed by atoms with E-state index in [1.54, 1.807) is 0 Å². The van der Waals surface area contributed by atoms with Crippen molar-refractivity contribution in [3.63, 3.8) is 0 Å². The summed E-state index contributed by atoms with van der Waals surface area (Å²) < 4.78 is 0. The van der Waals surface area contributed by atoms with Crippen molar-refractivity contribution in [1.82, 2.24) is 0 Å². The normalized spacial score (nSPS) is 25.8.